The van der Waals surface area contributed by atoms with Crippen molar-refractivity contribution in [3.8, 4) is 22.5 Å². The van der Waals surface area contributed by atoms with Crippen molar-refractivity contribution in [3.05, 3.63) is 47.5 Å². The topological polar surface area (TPSA) is 58.5 Å². The minimum absolute atomic E-state index is 0.202. The predicted molar refractivity (Wildman–Crippen MR) is 100 cm³/mol. The fraction of sp³-hybridized carbons (Fsp3) is 0.400. The number of rotatable bonds is 4. The highest BCUT2D eigenvalue weighted by molar-refractivity contribution is 5.70. The van der Waals surface area contributed by atoms with Crippen molar-refractivity contribution in [2.24, 2.45) is 0 Å². The summed E-state index contributed by atoms with van der Waals surface area (Å²) in [6, 6.07) is 5.90. The molecule has 0 saturated carbocycles. The molecule has 1 aromatic carbocycles. The number of aryl methyl sites for hydroxylation is 2. The van der Waals surface area contributed by atoms with Crippen LogP contribution < -0.4 is 5.32 Å². The lowest BCUT2D eigenvalue weighted by atomic mass is 9.93. The molecular formula is C20H24FN5. The summed E-state index contributed by atoms with van der Waals surface area (Å²) < 4.78 is 16.8. The highest BCUT2D eigenvalue weighted by Gasteiger charge is 2.19. The van der Waals surface area contributed by atoms with E-state index in [1.807, 2.05) is 30.8 Å². The molecule has 26 heavy (non-hydrogen) atoms. The molecule has 1 saturated heterocycles. The van der Waals surface area contributed by atoms with Crippen LogP contribution in [0.25, 0.3) is 22.5 Å². The van der Waals surface area contributed by atoms with Crippen LogP contribution in [0.5, 0.6) is 0 Å². The molecule has 5 nitrogen and oxygen atoms in total. The lowest BCUT2D eigenvalue weighted by Crippen LogP contribution is -2.26. The molecule has 1 aliphatic rings. The van der Waals surface area contributed by atoms with Gasteiger partial charge in [0.1, 0.15) is 5.82 Å². The van der Waals surface area contributed by atoms with Gasteiger partial charge in [-0.25, -0.2) is 4.39 Å². The van der Waals surface area contributed by atoms with Crippen molar-refractivity contribution in [1.29, 1.82) is 0 Å². The Labute approximate surface area is 152 Å². The number of aromatic nitrogens is 4. The van der Waals surface area contributed by atoms with E-state index < -0.39 is 0 Å². The van der Waals surface area contributed by atoms with Crippen LogP contribution in [-0.4, -0.2) is 26.5 Å². The average molecular weight is 353 g/mol. The number of H-pyrrole nitrogens is 1. The molecule has 1 aliphatic heterocycles. The molecular weight excluding hydrogens is 329 g/mol. The van der Waals surface area contributed by atoms with Gasteiger partial charge in [0.15, 0.2) is 0 Å². The first-order valence-electron chi connectivity index (χ1n) is 9.27. The van der Waals surface area contributed by atoms with Crippen LogP contribution in [0.2, 0.25) is 0 Å². The van der Waals surface area contributed by atoms with E-state index in [4.69, 9.17) is 0 Å². The maximum absolute atomic E-state index is 14.9. The largest absolute Gasteiger partial charge is 0.310 e. The molecule has 0 spiro atoms. The molecule has 1 fully saturated rings. The summed E-state index contributed by atoms with van der Waals surface area (Å²) in [4.78, 5) is 0. The van der Waals surface area contributed by atoms with Crippen LogP contribution in [-0.2, 0) is 6.54 Å². The first kappa shape index (κ1) is 17.0. The zero-order valence-corrected chi connectivity index (χ0v) is 15.2. The quantitative estimate of drug-likeness (QED) is 0.738. The molecule has 3 heterocycles. The summed E-state index contributed by atoms with van der Waals surface area (Å²) in [5.74, 6) is -0.202. The smallest absolute Gasteiger partial charge is 0.133 e. The maximum Gasteiger partial charge on any atom is 0.133 e. The number of aromatic amines is 1. The number of hydrogen-bond acceptors (Lipinski definition) is 3. The van der Waals surface area contributed by atoms with Crippen molar-refractivity contribution < 1.29 is 4.39 Å². The van der Waals surface area contributed by atoms with Gasteiger partial charge >= 0.3 is 0 Å². The van der Waals surface area contributed by atoms with Gasteiger partial charge in [0.25, 0.3) is 0 Å². The molecule has 0 aliphatic carbocycles. The Balaban J connectivity index is 1.65. The van der Waals surface area contributed by atoms with Gasteiger partial charge in [0.2, 0.25) is 0 Å². The van der Waals surface area contributed by atoms with E-state index in [2.05, 4.69) is 26.7 Å². The third kappa shape index (κ3) is 3.17. The van der Waals surface area contributed by atoms with E-state index in [0.29, 0.717) is 11.3 Å². The third-order valence-corrected chi connectivity index (χ3v) is 5.12. The lowest BCUT2D eigenvalue weighted by molar-refractivity contribution is 0.411. The number of piperidine rings is 1. The highest BCUT2D eigenvalue weighted by atomic mass is 19.1. The Bertz CT molecular complexity index is 882. The second kappa shape index (κ2) is 7.03. The second-order valence-electron chi connectivity index (χ2n) is 6.95. The monoisotopic (exact) mass is 353 g/mol. The van der Waals surface area contributed by atoms with Gasteiger partial charge in [0, 0.05) is 29.9 Å². The van der Waals surface area contributed by atoms with Crippen molar-refractivity contribution in [3.63, 3.8) is 0 Å². The molecule has 2 N–H and O–H groups in total. The summed E-state index contributed by atoms with van der Waals surface area (Å²) in [6.45, 7) is 5.80. The van der Waals surface area contributed by atoms with Crippen LogP contribution in [0.1, 0.15) is 43.4 Å². The Kier molecular flexibility index (Phi) is 4.59. The number of nitrogens with zero attached hydrogens (tertiary/aromatic N) is 3. The van der Waals surface area contributed by atoms with Crippen LogP contribution in [0.4, 0.5) is 4.39 Å². The van der Waals surface area contributed by atoms with Crippen LogP contribution in [0.3, 0.4) is 0 Å². The minimum atomic E-state index is -0.202. The van der Waals surface area contributed by atoms with Crippen LogP contribution >= 0.6 is 0 Å². The Morgan fingerprint density at radius 3 is 2.85 bits per heavy atom. The molecule has 6 heteroatoms. The Hall–Kier alpha value is -2.47. The zero-order valence-electron chi connectivity index (χ0n) is 15.2. The normalized spacial score (nSPS) is 17.6. The summed E-state index contributed by atoms with van der Waals surface area (Å²) >= 11 is 0. The highest BCUT2D eigenvalue weighted by Crippen LogP contribution is 2.32. The Morgan fingerprint density at radius 2 is 2.15 bits per heavy atom. The molecule has 3 aromatic rings. The fourth-order valence-corrected chi connectivity index (χ4v) is 3.72. The van der Waals surface area contributed by atoms with Crippen molar-refractivity contribution in [2.75, 3.05) is 6.54 Å². The molecule has 1 atom stereocenters. The van der Waals surface area contributed by atoms with Gasteiger partial charge in [-0.15, -0.1) is 0 Å². The van der Waals surface area contributed by atoms with E-state index in [1.165, 1.54) is 12.8 Å². The van der Waals surface area contributed by atoms with Gasteiger partial charge in [-0.3, -0.25) is 9.78 Å². The zero-order chi connectivity index (χ0) is 18.1. The molecule has 0 amide bonds. The summed E-state index contributed by atoms with van der Waals surface area (Å²) in [5.41, 5.74) is 4.94. The van der Waals surface area contributed by atoms with E-state index in [0.717, 1.165) is 41.9 Å². The fourth-order valence-electron chi connectivity index (χ4n) is 3.72. The minimum Gasteiger partial charge on any atom is -0.310 e. The van der Waals surface area contributed by atoms with Gasteiger partial charge in [-0.1, -0.05) is 12.5 Å². The van der Waals surface area contributed by atoms with Crippen LogP contribution in [0.15, 0.2) is 30.6 Å². The summed E-state index contributed by atoms with van der Waals surface area (Å²) in [6.07, 6.45) is 7.18. The standard InChI is InChI=1S/C20H24FN5/c1-3-26-12-15(11-23-26)18-10-19(25-24-18)20-13(2)8-14(9-16(20)21)17-6-4-5-7-22-17/h8-12,17,22H,3-7H2,1-2H3,(H,24,25). The number of hydrogen-bond donors (Lipinski definition) is 2. The average Bonchev–Trinajstić information content (AvgIpc) is 3.31. The summed E-state index contributed by atoms with van der Waals surface area (Å²) in [5, 5.41) is 15.1. The van der Waals surface area contributed by atoms with E-state index in [1.54, 1.807) is 12.3 Å². The number of halogens is 1. The van der Waals surface area contributed by atoms with Gasteiger partial charge in [0.05, 0.1) is 17.6 Å². The van der Waals surface area contributed by atoms with Crippen molar-refractivity contribution in [2.45, 2.75) is 45.7 Å². The first-order chi connectivity index (χ1) is 12.7. The Morgan fingerprint density at radius 1 is 1.27 bits per heavy atom. The van der Waals surface area contributed by atoms with Gasteiger partial charge in [-0.05, 0) is 56.5 Å². The molecule has 1 unspecified atom stereocenters. The molecule has 0 bridgehead atoms. The van der Waals surface area contributed by atoms with E-state index >= 15 is 0 Å². The molecule has 4 rings (SSSR count). The maximum atomic E-state index is 14.9. The van der Waals surface area contributed by atoms with E-state index in [9.17, 15) is 4.39 Å². The van der Waals surface area contributed by atoms with Crippen molar-refractivity contribution >= 4 is 0 Å². The predicted octanol–water partition coefficient (Wildman–Crippen LogP) is 4.22. The molecule has 0 radical (unpaired) electrons. The van der Waals surface area contributed by atoms with Crippen molar-refractivity contribution in [1.82, 2.24) is 25.3 Å². The molecule has 136 valence electrons. The van der Waals surface area contributed by atoms with E-state index in [-0.39, 0.29) is 11.9 Å². The number of benzene rings is 1. The third-order valence-electron chi connectivity index (χ3n) is 5.12. The SMILES string of the molecule is CCn1cc(-c2cc(-c3c(C)cc(C4CCCCN4)cc3F)[nH]n2)cn1. The van der Waals surface area contributed by atoms with Gasteiger partial charge in [-0.2, -0.15) is 10.2 Å². The second-order valence-corrected chi connectivity index (χ2v) is 6.95. The number of nitrogens with one attached hydrogen (secondary N) is 2. The molecule has 2 aromatic heterocycles. The van der Waals surface area contributed by atoms with Gasteiger partial charge < -0.3 is 5.32 Å². The summed E-state index contributed by atoms with van der Waals surface area (Å²) in [7, 11) is 0. The lowest BCUT2D eigenvalue weighted by Gasteiger charge is -2.24. The van der Waals surface area contributed by atoms with Crippen LogP contribution in [0, 0.1) is 12.7 Å². The first-order valence-corrected chi connectivity index (χ1v) is 9.27.